The highest BCUT2D eigenvalue weighted by Gasteiger charge is 2.24. The van der Waals surface area contributed by atoms with E-state index in [4.69, 9.17) is 4.42 Å². The second-order valence-corrected chi connectivity index (χ2v) is 10.3. The molecule has 0 spiro atoms. The Morgan fingerprint density at radius 2 is 1.97 bits per heavy atom. The van der Waals surface area contributed by atoms with E-state index >= 15 is 0 Å². The molecule has 0 aliphatic rings. The highest BCUT2D eigenvalue weighted by atomic mass is 127. The monoisotopic (exact) mass is 575 g/mol. The molecule has 0 fully saturated rings. The summed E-state index contributed by atoms with van der Waals surface area (Å²) in [7, 11) is -2.19. The van der Waals surface area contributed by atoms with Gasteiger partial charge in [-0.05, 0) is 79.1 Å². The Morgan fingerprint density at radius 1 is 1.28 bits per heavy atom. The summed E-state index contributed by atoms with van der Waals surface area (Å²) in [6.45, 7) is 1.66. The van der Waals surface area contributed by atoms with Crippen LogP contribution in [0.5, 0.6) is 0 Å². The van der Waals surface area contributed by atoms with Crippen molar-refractivity contribution in [2.75, 3.05) is 17.5 Å². The number of aromatic nitrogens is 1. The van der Waals surface area contributed by atoms with E-state index in [1.165, 1.54) is 31.3 Å². The lowest BCUT2D eigenvalue weighted by Gasteiger charge is -2.09. The Kier molecular flexibility index (Phi) is 7.72. The number of pyridine rings is 1. The maximum absolute atomic E-state index is 13.3. The number of amides is 1. The van der Waals surface area contributed by atoms with Crippen LogP contribution in [-0.4, -0.2) is 43.3 Å². The minimum atomic E-state index is -3.67. The van der Waals surface area contributed by atoms with Crippen molar-refractivity contribution in [1.29, 1.82) is 0 Å². The Hall–Kier alpha value is -2.25. The van der Waals surface area contributed by atoms with Gasteiger partial charge in [-0.2, -0.15) is 4.98 Å². The van der Waals surface area contributed by atoms with Gasteiger partial charge < -0.3 is 14.8 Å². The van der Waals surface area contributed by atoms with Crippen LogP contribution in [0.4, 0.5) is 10.2 Å². The maximum atomic E-state index is 13.3. The molecule has 0 bridgehead atoms. The molecule has 3 aromatic rings. The summed E-state index contributed by atoms with van der Waals surface area (Å²) < 4.78 is 47.1. The van der Waals surface area contributed by atoms with Crippen LogP contribution in [0.3, 0.4) is 0 Å². The highest BCUT2D eigenvalue weighted by molar-refractivity contribution is 14.1. The van der Waals surface area contributed by atoms with Crippen molar-refractivity contribution in [2.24, 2.45) is 0 Å². The van der Waals surface area contributed by atoms with E-state index in [1.807, 2.05) is 22.6 Å². The van der Waals surface area contributed by atoms with Gasteiger partial charge in [0.15, 0.2) is 5.82 Å². The molecule has 2 aromatic heterocycles. The number of carbonyl (C=O) groups is 1. The molecule has 0 aliphatic heterocycles. The average molecular weight is 575 g/mol. The van der Waals surface area contributed by atoms with Crippen molar-refractivity contribution >= 4 is 55.4 Å². The fraction of sp³-hybridized carbons (Fsp3) is 0.333. The first-order valence-electron chi connectivity index (χ1n) is 9.91. The lowest BCUT2D eigenvalue weighted by Crippen LogP contribution is -2.19. The first kappa shape index (κ1) is 24.4. The quantitative estimate of drug-likeness (QED) is 0.263. The molecule has 1 unspecified atom stereocenters. The molecule has 11 heteroatoms. The van der Waals surface area contributed by atoms with Crippen LogP contribution in [0.2, 0.25) is 0 Å². The minimum Gasteiger partial charge on any atom is -0.437 e. The van der Waals surface area contributed by atoms with E-state index in [2.05, 4.69) is 15.0 Å². The van der Waals surface area contributed by atoms with Gasteiger partial charge in [0.1, 0.15) is 11.6 Å². The molecule has 172 valence electrons. The van der Waals surface area contributed by atoms with Crippen LogP contribution in [0.25, 0.3) is 22.4 Å². The largest absolute Gasteiger partial charge is 0.437 e. The average Bonchev–Trinajstić information content (AvgIpc) is 3.09. The van der Waals surface area contributed by atoms with Crippen LogP contribution in [0.15, 0.2) is 34.7 Å². The summed E-state index contributed by atoms with van der Waals surface area (Å²) in [4.78, 5) is 16.9. The zero-order valence-corrected chi connectivity index (χ0v) is 20.5. The normalized spacial score (nSPS) is 12.7. The van der Waals surface area contributed by atoms with E-state index in [9.17, 15) is 22.7 Å². The molecule has 1 amide bonds. The number of nitrogens with one attached hydrogen (secondary N) is 2. The number of carbonyl (C=O) groups excluding carboxylic acids is 1. The summed E-state index contributed by atoms with van der Waals surface area (Å²) in [5.41, 5.74) is 0.792. The number of anilines is 1. The van der Waals surface area contributed by atoms with Gasteiger partial charge in [-0.25, -0.2) is 12.8 Å². The zero-order chi connectivity index (χ0) is 23.5. The van der Waals surface area contributed by atoms with Gasteiger partial charge in [0.2, 0.25) is 15.7 Å². The van der Waals surface area contributed by atoms with Gasteiger partial charge >= 0.3 is 0 Å². The van der Waals surface area contributed by atoms with Crippen molar-refractivity contribution in [1.82, 2.24) is 10.3 Å². The maximum Gasteiger partial charge on any atom is 0.255 e. The van der Waals surface area contributed by atoms with Gasteiger partial charge in [0, 0.05) is 12.6 Å². The molecular weight excluding hydrogens is 552 g/mol. The first-order chi connectivity index (χ1) is 15.1. The van der Waals surface area contributed by atoms with E-state index in [-0.39, 0.29) is 28.6 Å². The number of hydrogen-bond acceptors (Lipinski definition) is 6. The first-order valence-corrected chi connectivity index (χ1v) is 12.6. The molecule has 0 saturated carbocycles. The molecule has 0 aliphatic carbocycles. The van der Waals surface area contributed by atoms with Crippen molar-refractivity contribution in [2.45, 2.75) is 32.3 Å². The Morgan fingerprint density at radius 3 is 2.59 bits per heavy atom. The number of sulfonamides is 1. The number of nitrogens with zero attached hydrogens (tertiary/aromatic N) is 1. The van der Waals surface area contributed by atoms with E-state index < -0.39 is 27.9 Å². The summed E-state index contributed by atoms with van der Waals surface area (Å²) in [5.74, 6) is -0.647. The third-order valence-corrected chi connectivity index (χ3v) is 6.89. The topological polar surface area (TPSA) is 122 Å². The molecule has 0 saturated heterocycles. The van der Waals surface area contributed by atoms with Crippen molar-refractivity contribution in [3.8, 4) is 11.3 Å². The number of aliphatic hydroxyl groups is 1. The number of halogens is 2. The molecule has 3 N–H and O–H groups in total. The second kappa shape index (κ2) is 10.1. The summed E-state index contributed by atoms with van der Waals surface area (Å²) in [5, 5.41) is 12.3. The number of hydrogen-bond donors (Lipinski definition) is 3. The molecule has 2 heterocycles. The number of unbranched alkanes of at least 4 members (excludes halogenated alkanes) is 1. The number of fused-ring (bicyclic) bond motifs is 1. The summed E-state index contributed by atoms with van der Waals surface area (Å²) >= 11 is 1.94. The van der Waals surface area contributed by atoms with Crippen molar-refractivity contribution < 1.29 is 27.1 Å². The Balaban J connectivity index is 1.97. The molecule has 8 nitrogen and oxygen atoms in total. The van der Waals surface area contributed by atoms with E-state index in [0.29, 0.717) is 33.8 Å². The van der Waals surface area contributed by atoms with Gasteiger partial charge in [-0.3, -0.25) is 9.52 Å². The van der Waals surface area contributed by atoms with Gasteiger partial charge in [-0.1, -0.05) is 0 Å². The smallest absolute Gasteiger partial charge is 0.255 e. The second-order valence-electron chi connectivity index (χ2n) is 7.33. The summed E-state index contributed by atoms with van der Waals surface area (Å²) in [6, 6.07) is 7.10. The third-order valence-electron chi connectivity index (χ3n) is 4.73. The van der Waals surface area contributed by atoms with Crippen LogP contribution < -0.4 is 10.0 Å². The lowest BCUT2D eigenvalue weighted by molar-refractivity contribution is 0.0964. The van der Waals surface area contributed by atoms with Gasteiger partial charge in [0.05, 0.1) is 26.4 Å². The summed E-state index contributed by atoms with van der Waals surface area (Å²) in [6.07, 6.45) is 1.03. The standard InChI is InChI=1S/C21H23FIN3O5S/c1-12(27)5-3-4-10-32(29,30)26-19-16(23)11-15-17(20(28)24-2)18(31-21(15)25-19)13-6-8-14(22)9-7-13/h6-9,11-12,27H,3-5,10H2,1-2H3,(H,24,28)(H,25,26). The van der Waals surface area contributed by atoms with Crippen LogP contribution in [0.1, 0.15) is 36.5 Å². The predicted octanol–water partition coefficient (Wildman–Crippen LogP) is 3.89. The fourth-order valence-electron chi connectivity index (χ4n) is 3.16. The van der Waals surface area contributed by atoms with Crippen LogP contribution in [0, 0.1) is 9.39 Å². The molecule has 3 rings (SSSR count). The molecule has 1 atom stereocenters. The third kappa shape index (κ3) is 5.75. The zero-order valence-electron chi connectivity index (χ0n) is 17.5. The minimum absolute atomic E-state index is 0.0788. The van der Waals surface area contributed by atoms with Crippen LogP contribution in [-0.2, 0) is 10.0 Å². The van der Waals surface area contributed by atoms with Crippen molar-refractivity contribution in [3.05, 3.63) is 45.3 Å². The lowest BCUT2D eigenvalue weighted by atomic mass is 10.1. The SMILES string of the molecule is CNC(=O)c1c(-c2ccc(F)cc2)oc2nc(NS(=O)(=O)CCCCC(C)O)c(I)cc12. The highest BCUT2D eigenvalue weighted by Crippen LogP contribution is 2.35. The molecule has 0 radical (unpaired) electrons. The Bertz CT molecular complexity index is 1230. The van der Waals surface area contributed by atoms with E-state index in [0.717, 1.165) is 0 Å². The number of furan rings is 1. The van der Waals surface area contributed by atoms with Gasteiger partial charge in [0.25, 0.3) is 5.91 Å². The Labute approximate surface area is 198 Å². The molecule has 32 heavy (non-hydrogen) atoms. The number of benzene rings is 1. The van der Waals surface area contributed by atoms with Gasteiger partial charge in [-0.15, -0.1) is 0 Å². The predicted molar refractivity (Wildman–Crippen MR) is 128 cm³/mol. The fourth-order valence-corrected chi connectivity index (χ4v) is 5.04. The van der Waals surface area contributed by atoms with Crippen molar-refractivity contribution in [3.63, 3.8) is 0 Å². The molecular formula is C21H23FIN3O5S. The number of aliphatic hydroxyl groups excluding tert-OH is 1. The number of rotatable bonds is 9. The molecule has 1 aromatic carbocycles. The van der Waals surface area contributed by atoms with Crippen LogP contribution >= 0.6 is 22.6 Å². The van der Waals surface area contributed by atoms with E-state index in [1.54, 1.807) is 13.0 Å².